The lowest BCUT2D eigenvalue weighted by molar-refractivity contribution is -0.909. The molecule has 1 unspecified atom stereocenters. The minimum absolute atomic E-state index is 0.00367. The van der Waals surface area contributed by atoms with Gasteiger partial charge in [-0.3, -0.25) is 9.59 Å². The van der Waals surface area contributed by atoms with Gasteiger partial charge in [0.1, 0.15) is 13.1 Å². The maximum atomic E-state index is 12.6. The normalized spacial score (nSPS) is 19.6. The summed E-state index contributed by atoms with van der Waals surface area (Å²) in [7, 11) is 0. The van der Waals surface area contributed by atoms with Crippen molar-refractivity contribution < 1.29 is 19.2 Å². The molecule has 2 aliphatic rings. The number of rotatable bonds is 5. The summed E-state index contributed by atoms with van der Waals surface area (Å²) >= 11 is 1.57. The van der Waals surface area contributed by atoms with Gasteiger partial charge in [0.2, 0.25) is 5.37 Å². The average Bonchev–Trinajstić information content (AvgIpc) is 2.74. The second kappa shape index (κ2) is 8.77. The third kappa shape index (κ3) is 4.38. The molecular formula is C21H24N3O3S+. The van der Waals surface area contributed by atoms with Crippen LogP contribution in [0, 0.1) is 0 Å². The van der Waals surface area contributed by atoms with Crippen molar-refractivity contribution in [2.45, 2.75) is 16.7 Å². The second-order valence-electron chi connectivity index (χ2n) is 6.96. The number of amides is 2. The Morgan fingerprint density at radius 3 is 2.75 bits per heavy atom. The highest BCUT2D eigenvalue weighted by Gasteiger charge is 2.36. The van der Waals surface area contributed by atoms with E-state index in [4.69, 9.17) is 4.74 Å². The summed E-state index contributed by atoms with van der Waals surface area (Å²) in [5.41, 5.74) is 2.47. The molecule has 1 atom stereocenters. The highest BCUT2D eigenvalue weighted by Crippen LogP contribution is 2.34. The molecule has 0 radical (unpaired) electrons. The van der Waals surface area contributed by atoms with Gasteiger partial charge in [-0.25, -0.2) is 0 Å². The summed E-state index contributed by atoms with van der Waals surface area (Å²) in [6, 6.07) is 15.6. The van der Waals surface area contributed by atoms with Gasteiger partial charge in [-0.05, 0) is 30.2 Å². The molecule has 0 bridgehead atoms. The lowest BCUT2D eigenvalue weighted by Gasteiger charge is -2.32. The molecule has 146 valence electrons. The molecule has 0 aliphatic carbocycles. The molecule has 28 heavy (non-hydrogen) atoms. The molecule has 0 saturated carbocycles. The van der Waals surface area contributed by atoms with Crippen LogP contribution in [-0.4, -0.2) is 50.0 Å². The van der Waals surface area contributed by atoms with Crippen molar-refractivity contribution in [1.82, 2.24) is 5.32 Å². The zero-order valence-corrected chi connectivity index (χ0v) is 16.4. The van der Waals surface area contributed by atoms with Crippen LogP contribution in [0.15, 0.2) is 53.4 Å². The van der Waals surface area contributed by atoms with E-state index < -0.39 is 0 Å². The highest BCUT2D eigenvalue weighted by molar-refractivity contribution is 8.00. The Kier molecular flexibility index (Phi) is 5.95. The number of carbonyl (C=O) groups is 2. The first-order valence-electron chi connectivity index (χ1n) is 9.57. The van der Waals surface area contributed by atoms with Crippen LogP contribution < -0.4 is 15.5 Å². The fourth-order valence-electron chi connectivity index (χ4n) is 3.48. The minimum Gasteiger partial charge on any atom is -0.370 e. The standard InChI is InChI=1S/C21H23N3O3S/c25-19(22-9-8-15-4-2-1-3-5-15)16-6-7-18-17(14-16)23-20(26)21(28-18)24-10-12-27-13-11-24/h1-7,14,21H,8-13H2,(H,22,25)(H,23,26)/p+1. The van der Waals surface area contributed by atoms with Crippen molar-refractivity contribution in [3.63, 3.8) is 0 Å². The lowest BCUT2D eigenvalue weighted by atomic mass is 10.1. The molecule has 6 nitrogen and oxygen atoms in total. The summed E-state index contributed by atoms with van der Waals surface area (Å²) in [6.45, 7) is 3.62. The SMILES string of the molecule is O=C(NCCc1ccccc1)c1ccc2c(c1)NC(=O)C([NH+]1CCOCC1)S2. The summed E-state index contributed by atoms with van der Waals surface area (Å²) in [5.74, 6) is -0.130. The zero-order valence-electron chi connectivity index (χ0n) is 15.6. The summed E-state index contributed by atoms with van der Waals surface area (Å²) in [4.78, 5) is 27.3. The Labute approximate surface area is 168 Å². The monoisotopic (exact) mass is 398 g/mol. The quantitative estimate of drug-likeness (QED) is 0.701. The van der Waals surface area contributed by atoms with Gasteiger partial charge in [0.25, 0.3) is 11.8 Å². The number of hydrogen-bond acceptors (Lipinski definition) is 4. The van der Waals surface area contributed by atoms with E-state index in [0.717, 1.165) is 30.1 Å². The van der Waals surface area contributed by atoms with Gasteiger partial charge < -0.3 is 20.3 Å². The Balaban J connectivity index is 1.38. The van der Waals surface area contributed by atoms with Crippen LogP contribution in [0.5, 0.6) is 0 Å². The fraction of sp³-hybridized carbons (Fsp3) is 0.333. The molecular weight excluding hydrogens is 374 g/mol. The van der Waals surface area contributed by atoms with Crippen molar-refractivity contribution in [3.05, 3.63) is 59.7 Å². The van der Waals surface area contributed by atoms with Gasteiger partial charge in [-0.2, -0.15) is 0 Å². The van der Waals surface area contributed by atoms with Gasteiger partial charge in [-0.1, -0.05) is 42.1 Å². The van der Waals surface area contributed by atoms with E-state index in [0.29, 0.717) is 25.3 Å². The molecule has 2 aromatic carbocycles. The van der Waals surface area contributed by atoms with E-state index in [9.17, 15) is 9.59 Å². The van der Waals surface area contributed by atoms with Crippen molar-refractivity contribution in [1.29, 1.82) is 0 Å². The number of morpholine rings is 1. The largest absolute Gasteiger partial charge is 0.370 e. The van der Waals surface area contributed by atoms with Gasteiger partial charge in [0.15, 0.2) is 0 Å². The van der Waals surface area contributed by atoms with E-state index in [2.05, 4.69) is 10.6 Å². The smallest absolute Gasteiger partial charge is 0.294 e. The average molecular weight is 399 g/mol. The molecule has 2 heterocycles. The summed E-state index contributed by atoms with van der Waals surface area (Å²) in [6.07, 6.45) is 0.786. The van der Waals surface area contributed by atoms with Gasteiger partial charge in [0.05, 0.1) is 18.9 Å². The lowest BCUT2D eigenvalue weighted by Crippen LogP contribution is -3.18. The molecule has 3 N–H and O–H groups in total. The van der Waals surface area contributed by atoms with Crippen LogP contribution in [-0.2, 0) is 16.0 Å². The van der Waals surface area contributed by atoms with E-state index in [1.54, 1.807) is 17.8 Å². The number of thioether (sulfide) groups is 1. The molecule has 0 aromatic heterocycles. The first kappa shape index (κ1) is 19.0. The molecule has 1 saturated heterocycles. The number of anilines is 1. The molecule has 2 aromatic rings. The maximum absolute atomic E-state index is 12.6. The third-order valence-corrected chi connectivity index (χ3v) is 6.42. The van der Waals surface area contributed by atoms with E-state index in [-0.39, 0.29) is 17.2 Å². The highest BCUT2D eigenvalue weighted by atomic mass is 32.2. The zero-order chi connectivity index (χ0) is 19.3. The maximum Gasteiger partial charge on any atom is 0.294 e. The van der Waals surface area contributed by atoms with Gasteiger partial charge >= 0.3 is 0 Å². The number of quaternary nitrogens is 1. The molecule has 4 rings (SSSR count). The minimum atomic E-state index is -0.165. The predicted molar refractivity (Wildman–Crippen MR) is 109 cm³/mol. The van der Waals surface area contributed by atoms with Crippen molar-refractivity contribution >= 4 is 29.3 Å². The summed E-state index contributed by atoms with van der Waals surface area (Å²) < 4.78 is 5.39. The second-order valence-corrected chi connectivity index (χ2v) is 8.11. The van der Waals surface area contributed by atoms with Crippen LogP contribution in [0.3, 0.4) is 0 Å². The molecule has 0 spiro atoms. The predicted octanol–water partition coefficient (Wildman–Crippen LogP) is 0.945. The number of ether oxygens (including phenoxy) is 1. The van der Waals surface area contributed by atoms with E-state index in [1.165, 1.54) is 10.5 Å². The number of carbonyl (C=O) groups excluding carboxylic acids is 2. The van der Waals surface area contributed by atoms with Crippen LogP contribution >= 0.6 is 11.8 Å². The number of hydrogen-bond donors (Lipinski definition) is 3. The topological polar surface area (TPSA) is 71.9 Å². The Hall–Kier alpha value is -2.35. The molecule has 1 fully saturated rings. The van der Waals surface area contributed by atoms with Crippen LogP contribution in [0.25, 0.3) is 0 Å². The van der Waals surface area contributed by atoms with Crippen LogP contribution in [0.1, 0.15) is 15.9 Å². The number of nitrogens with one attached hydrogen (secondary N) is 3. The van der Waals surface area contributed by atoms with Crippen molar-refractivity contribution in [2.75, 3.05) is 38.2 Å². The Bertz CT molecular complexity index is 853. The van der Waals surface area contributed by atoms with Crippen molar-refractivity contribution in [2.24, 2.45) is 0 Å². The fourth-order valence-corrected chi connectivity index (χ4v) is 4.69. The van der Waals surface area contributed by atoms with Crippen molar-refractivity contribution in [3.8, 4) is 0 Å². The van der Waals surface area contributed by atoms with E-state index in [1.807, 2.05) is 42.5 Å². The van der Waals surface area contributed by atoms with Gasteiger partial charge in [-0.15, -0.1) is 0 Å². The molecule has 2 amide bonds. The number of fused-ring (bicyclic) bond motifs is 1. The van der Waals surface area contributed by atoms with Crippen LogP contribution in [0.4, 0.5) is 5.69 Å². The first-order valence-corrected chi connectivity index (χ1v) is 10.4. The molecule has 7 heteroatoms. The molecule has 2 aliphatic heterocycles. The Morgan fingerprint density at radius 1 is 1.18 bits per heavy atom. The third-order valence-electron chi connectivity index (χ3n) is 5.03. The van der Waals surface area contributed by atoms with E-state index >= 15 is 0 Å². The Morgan fingerprint density at radius 2 is 1.96 bits per heavy atom. The van der Waals surface area contributed by atoms with Gasteiger partial charge in [0, 0.05) is 17.0 Å². The number of benzene rings is 2. The summed E-state index contributed by atoms with van der Waals surface area (Å²) in [5, 5.41) is 5.77. The van der Waals surface area contributed by atoms with Crippen LogP contribution in [0.2, 0.25) is 0 Å². The first-order chi connectivity index (χ1) is 13.7.